The molecule has 1 aliphatic carbocycles. The highest BCUT2D eigenvalue weighted by atomic mass is 16.5. The van der Waals surface area contributed by atoms with Crippen molar-refractivity contribution in [3.05, 3.63) is 78.4 Å². The molecular formula is C31H35N5O3. The van der Waals surface area contributed by atoms with E-state index >= 15 is 0 Å². The first-order chi connectivity index (χ1) is 19.1. The Kier molecular flexibility index (Phi) is 7.20. The number of amides is 1. The molecule has 0 unspecified atom stereocenters. The Hall–Kier alpha value is -3.91. The average Bonchev–Trinajstić information content (AvgIpc) is 3.38. The van der Waals surface area contributed by atoms with E-state index in [2.05, 4.69) is 9.38 Å². The molecule has 8 nitrogen and oxygen atoms in total. The first kappa shape index (κ1) is 25.4. The van der Waals surface area contributed by atoms with Crippen LogP contribution in [0.4, 0.5) is 5.82 Å². The topological polar surface area (TPSA) is 106 Å². The molecule has 2 aliphatic rings. The lowest BCUT2D eigenvalue weighted by Gasteiger charge is -2.35. The van der Waals surface area contributed by atoms with E-state index in [0.29, 0.717) is 38.4 Å². The molecule has 1 saturated heterocycles. The molecule has 2 fully saturated rings. The van der Waals surface area contributed by atoms with Crippen LogP contribution in [0, 0.1) is 5.92 Å². The molecule has 4 aromatic rings. The number of nitrogens with zero attached hydrogens (tertiary/aromatic N) is 4. The number of hydrogen-bond acceptors (Lipinski definition) is 6. The molecule has 3 N–H and O–H groups in total. The molecule has 202 valence electrons. The number of benzene rings is 2. The minimum atomic E-state index is -0.272. The molecule has 1 amide bonds. The predicted octanol–water partition coefficient (Wildman–Crippen LogP) is 4.81. The molecule has 0 atom stereocenters. The fraction of sp³-hybridized carbons (Fsp3) is 0.387. The molecule has 2 aromatic carbocycles. The number of fused-ring (bicyclic) bond motifs is 1. The number of imidazole rings is 1. The number of piperidine rings is 1. The molecule has 0 radical (unpaired) electrons. The smallest absolute Gasteiger partial charge is 0.225 e. The van der Waals surface area contributed by atoms with Crippen LogP contribution < -0.4 is 10.5 Å². The quantitative estimate of drug-likeness (QED) is 0.374. The number of hydrogen-bond donors (Lipinski definition) is 2. The fourth-order valence-corrected chi connectivity index (χ4v) is 5.99. The van der Waals surface area contributed by atoms with Gasteiger partial charge in [0.25, 0.3) is 0 Å². The highest BCUT2D eigenvalue weighted by Crippen LogP contribution is 2.39. The molecule has 8 heteroatoms. The van der Waals surface area contributed by atoms with Crippen LogP contribution in [0.25, 0.3) is 16.8 Å². The van der Waals surface area contributed by atoms with Gasteiger partial charge in [-0.25, -0.2) is 9.97 Å². The van der Waals surface area contributed by atoms with Crippen molar-refractivity contribution in [2.45, 2.75) is 57.2 Å². The van der Waals surface area contributed by atoms with Crippen molar-refractivity contribution in [1.29, 1.82) is 0 Å². The first-order valence-electron chi connectivity index (χ1n) is 13.9. The van der Waals surface area contributed by atoms with Gasteiger partial charge >= 0.3 is 0 Å². The van der Waals surface area contributed by atoms with Crippen LogP contribution in [-0.2, 0) is 11.4 Å². The van der Waals surface area contributed by atoms with Gasteiger partial charge in [-0.15, -0.1) is 0 Å². The number of carbonyl (C=O) groups is 1. The highest BCUT2D eigenvalue weighted by Gasteiger charge is 2.33. The molecule has 3 heterocycles. The van der Waals surface area contributed by atoms with Crippen LogP contribution in [0.15, 0.2) is 67.0 Å². The second kappa shape index (κ2) is 11.1. The van der Waals surface area contributed by atoms with Crippen molar-refractivity contribution >= 4 is 17.2 Å². The Morgan fingerprint density at radius 2 is 1.77 bits per heavy atom. The zero-order valence-electron chi connectivity index (χ0n) is 22.1. The third-order valence-corrected chi connectivity index (χ3v) is 8.18. The Morgan fingerprint density at radius 3 is 2.54 bits per heavy atom. The predicted molar refractivity (Wildman–Crippen MR) is 150 cm³/mol. The van der Waals surface area contributed by atoms with Crippen LogP contribution in [0.2, 0.25) is 0 Å². The number of aliphatic hydroxyl groups excluding tert-OH is 1. The summed E-state index contributed by atoms with van der Waals surface area (Å²) < 4.78 is 8.16. The number of nitrogen functional groups attached to an aromatic ring is 1. The summed E-state index contributed by atoms with van der Waals surface area (Å²) in [6.07, 6.45) is 8.22. The fourth-order valence-electron chi connectivity index (χ4n) is 5.99. The number of aromatic nitrogens is 3. The lowest BCUT2D eigenvalue weighted by molar-refractivity contribution is -0.138. The summed E-state index contributed by atoms with van der Waals surface area (Å²) in [6.45, 7) is 1.81. The highest BCUT2D eigenvalue weighted by molar-refractivity contribution is 5.85. The summed E-state index contributed by atoms with van der Waals surface area (Å²) in [7, 11) is 0. The number of rotatable bonds is 6. The standard InChI is InChI=1S/C31H35N5O3/c32-29-28-27(24-7-4-8-26(19-24)39-20-21-5-2-1-3-6-21)34-30(36(28)18-15-33-29)22-9-11-23(12-10-22)31(38)35-16-13-25(37)14-17-35/h1-8,15,18-19,22-23,25,37H,9-14,16-17,20H2,(H2,32,33). The number of anilines is 1. The molecule has 2 aromatic heterocycles. The maximum absolute atomic E-state index is 13.1. The molecule has 0 bridgehead atoms. The Bertz CT molecular complexity index is 1440. The maximum Gasteiger partial charge on any atom is 0.225 e. The van der Waals surface area contributed by atoms with E-state index in [9.17, 15) is 9.90 Å². The van der Waals surface area contributed by atoms with E-state index in [0.717, 1.165) is 59.6 Å². The van der Waals surface area contributed by atoms with Gasteiger partial charge in [0.15, 0.2) is 0 Å². The monoisotopic (exact) mass is 525 g/mol. The zero-order valence-corrected chi connectivity index (χ0v) is 22.1. The normalized spacial score (nSPS) is 20.3. The van der Waals surface area contributed by atoms with Crippen molar-refractivity contribution < 1.29 is 14.6 Å². The summed E-state index contributed by atoms with van der Waals surface area (Å²) in [5.41, 5.74) is 10.0. The van der Waals surface area contributed by atoms with E-state index in [1.54, 1.807) is 6.20 Å². The van der Waals surface area contributed by atoms with Crippen LogP contribution in [-0.4, -0.2) is 49.5 Å². The number of aliphatic hydroxyl groups is 1. The van der Waals surface area contributed by atoms with Gasteiger partial charge in [-0.3, -0.25) is 9.20 Å². The Balaban J connectivity index is 1.21. The number of carbonyl (C=O) groups excluding carboxylic acids is 1. The van der Waals surface area contributed by atoms with Crippen molar-refractivity contribution in [3.63, 3.8) is 0 Å². The summed E-state index contributed by atoms with van der Waals surface area (Å²) in [5.74, 6) is 2.71. The second-order valence-corrected chi connectivity index (χ2v) is 10.8. The molecular weight excluding hydrogens is 490 g/mol. The second-order valence-electron chi connectivity index (χ2n) is 10.8. The van der Waals surface area contributed by atoms with Crippen LogP contribution >= 0.6 is 0 Å². The van der Waals surface area contributed by atoms with Crippen LogP contribution in [0.5, 0.6) is 5.75 Å². The van der Waals surface area contributed by atoms with Gasteiger partial charge in [-0.05, 0) is 56.2 Å². The van der Waals surface area contributed by atoms with E-state index in [-0.39, 0.29) is 23.8 Å². The van der Waals surface area contributed by atoms with Gasteiger partial charge in [-0.2, -0.15) is 0 Å². The van der Waals surface area contributed by atoms with Gasteiger partial charge in [0, 0.05) is 42.9 Å². The average molecular weight is 526 g/mol. The van der Waals surface area contributed by atoms with Crippen molar-refractivity contribution in [2.24, 2.45) is 5.92 Å². The van der Waals surface area contributed by atoms with Crippen molar-refractivity contribution in [2.75, 3.05) is 18.8 Å². The SMILES string of the molecule is Nc1nccn2c(C3CCC(C(=O)N4CCC(O)CC4)CC3)nc(-c3cccc(OCc4ccccc4)c3)c12. The van der Waals surface area contributed by atoms with Gasteiger partial charge < -0.3 is 20.5 Å². The molecule has 1 aliphatic heterocycles. The largest absolute Gasteiger partial charge is 0.489 e. The lowest BCUT2D eigenvalue weighted by atomic mass is 9.80. The van der Waals surface area contributed by atoms with Crippen molar-refractivity contribution in [3.8, 4) is 17.0 Å². The maximum atomic E-state index is 13.1. The number of nitrogens with two attached hydrogens (primary N) is 1. The van der Waals surface area contributed by atoms with Crippen LogP contribution in [0.1, 0.15) is 55.8 Å². The number of likely N-dealkylation sites (tertiary alicyclic amines) is 1. The van der Waals surface area contributed by atoms with E-state index in [1.807, 2.05) is 65.7 Å². The van der Waals surface area contributed by atoms with E-state index < -0.39 is 0 Å². The van der Waals surface area contributed by atoms with Gasteiger partial charge in [-0.1, -0.05) is 42.5 Å². The summed E-state index contributed by atoms with van der Waals surface area (Å²) in [4.78, 5) is 24.6. The van der Waals surface area contributed by atoms with Gasteiger partial charge in [0.2, 0.25) is 5.91 Å². The summed E-state index contributed by atoms with van der Waals surface area (Å²) in [6, 6.07) is 18.1. The lowest BCUT2D eigenvalue weighted by Crippen LogP contribution is -2.43. The molecule has 6 rings (SSSR count). The van der Waals surface area contributed by atoms with Crippen molar-refractivity contribution in [1.82, 2.24) is 19.3 Å². The van der Waals surface area contributed by atoms with Gasteiger partial charge in [0.1, 0.15) is 35.2 Å². The Morgan fingerprint density at radius 1 is 1.00 bits per heavy atom. The van der Waals surface area contributed by atoms with E-state index in [1.165, 1.54) is 0 Å². The zero-order chi connectivity index (χ0) is 26.8. The minimum Gasteiger partial charge on any atom is -0.489 e. The van der Waals surface area contributed by atoms with Gasteiger partial charge in [0.05, 0.1) is 6.10 Å². The number of ether oxygens (including phenoxy) is 1. The molecule has 1 saturated carbocycles. The van der Waals surface area contributed by atoms with E-state index in [4.69, 9.17) is 15.5 Å². The first-order valence-corrected chi connectivity index (χ1v) is 13.9. The van der Waals surface area contributed by atoms with Crippen LogP contribution in [0.3, 0.4) is 0 Å². The molecule has 0 spiro atoms. The molecule has 39 heavy (non-hydrogen) atoms. The third-order valence-electron chi connectivity index (χ3n) is 8.18. The summed E-state index contributed by atoms with van der Waals surface area (Å²) >= 11 is 0. The minimum absolute atomic E-state index is 0.0485. The summed E-state index contributed by atoms with van der Waals surface area (Å²) in [5, 5.41) is 9.79. The third kappa shape index (κ3) is 5.34. The Labute approximate surface area is 228 Å².